The van der Waals surface area contributed by atoms with E-state index in [0.29, 0.717) is 10.4 Å². The minimum atomic E-state index is -4.17. The van der Waals surface area contributed by atoms with Crippen molar-refractivity contribution in [1.82, 2.24) is 4.31 Å². The molecule has 0 radical (unpaired) electrons. The van der Waals surface area contributed by atoms with Crippen LogP contribution in [0.25, 0.3) is 0 Å². The lowest BCUT2D eigenvalue weighted by Gasteiger charge is -2.18. The zero-order valence-corrected chi connectivity index (χ0v) is 12.1. The number of halogens is 3. The van der Waals surface area contributed by atoms with E-state index in [-0.39, 0.29) is 11.1 Å². The second-order valence-corrected chi connectivity index (χ2v) is 6.50. The van der Waals surface area contributed by atoms with Gasteiger partial charge in [0.15, 0.2) is 11.6 Å². The van der Waals surface area contributed by atoms with Crippen molar-refractivity contribution in [2.75, 3.05) is 13.1 Å². The van der Waals surface area contributed by atoms with E-state index in [9.17, 15) is 21.6 Å². The van der Waals surface area contributed by atoms with E-state index in [1.807, 2.05) is 0 Å². The maximum Gasteiger partial charge on any atom is 0.219 e. The topological polar surface area (TPSA) is 87.2 Å². The smallest absolute Gasteiger partial charge is 0.219 e. The highest BCUT2D eigenvalue weighted by atomic mass is 32.2. The summed E-state index contributed by atoms with van der Waals surface area (Å²) in [6, 6.07) is 2.31. The summed E-state index contributed by atoms with van der Waals surface area (Å²) in [4.78, 5) is -0.181. The highest BCUT2D eigenvalue weighted by Crippen LogP contribution is 2.18. The van der Waals surface area contributed by atoms with Gasteiger partial charge in [-0.25, -0.2) is 21.6 Å². The third-order valence-electron chi connectivity index (χ3n) is 2.40. The van der Waals surface area contributed by atoms with E-state index in [4.69, 9.17) is 11.0 Å². The molecule has 0 aliphatic heterocycles. The number of nitrogens with zero attached hydrogens (tertiary/aromatic N) is 2. The number of benzene rings is 1. The molecular formula is C11H10F3N3O2S2. The number of sulfonamides is 1. The average Bonchev–Trinajstić information content (AvgIpc) is 2.34. The molecule has 1 rings (SSSR count). The van der Waals surface area contributed by atoms with Gasteiger partial charge in [0.25, 0.3) is 0 Å². The van der Waals surface area contributed by atoms with Crippen LogP contribution in [0, 0.1) is 28.8 Å². The minimum absolute atomic E-state index is 0.181. The van der Waals surface area contributed by atoms with E-state index in [0.717, 1.165) is 0 Å². The van der Waals surface area contributed by atoms with Crippen molar-refractivity contribution in [3.63, 3.8) is 0 Å². The SMILES string of the molecule is N#CCN(CC(N)=S)S(=O)(=O)Cc1cc(F)c(F)cc1F. The molecule has 0 saturated heterocycles. The van der Waals surface area contributed by atoms with Gasteiger partial charge in [-0.15, -0.1) is 0 Å². The van der Waals surface area contributed by atoms with Crippen LogP contribution in [0.3, 0.4) is 0 Å². The molecule has 114 valence electrons. The molecular weight excluding hydrogens is 327 g/mol. The molecule has 5 nitrogen and oxygen atoms in total. The Hall–Kier alpha value is -1.70. The summed E-state index contributed by atoms with van der Waals surface area (Å²) in [5.74, 6) is -4.95. The summed E-state index contributed by atoms with van der Waals surface area (Å²) < 4.78 is 64.0. The van der Waals surface area contributed by atoms with Crippen LogP contribution >= 0.6 is 12.2 Å². The first kappa shape index (κ1) is 17.4. The summed E-state index contributed by atoms with van der Waals surface area (Å²) in [5, 5.41) is 8.59. The van der Waals surface area contributed by atoms with Crippen molar-refractivity contribution >= 4 is 27.2 Å². The van der Waals surface area contributed by atoms with Crippen molar-refractivity contribution in [3.8, 4) is 6.07 Å². The monoisotopic (exact) mass is 337 g/mol. The van der Waals surface area contributed by atoms with E-state index in [1.165, 1.54) is 0 Å². The fourth-order valence-corrected chi connectivity index (χ4v) is 3.09. The van der Waals surface area contributed by atoms with Gasteiger partial charge in [-0.2, -0.15) is 9.57 Å². The van der Waals surface area contributed by atoms with Crippen LogP contribution in [0.15, 0.2) is 12.1 Å². The van der Waals surface area contributed by atoms with Crippen molar-refractivity contribution < 1.29 is 21.6 Å². The predicted molar refractivity (Wildman–Crippen MR) is 72.9 cm³/mol. The van der Waals surface area contributed by atoms with Crippen LogP contribution in [0.4, 0.5) is 13.2 Å². The lowest BCUT2D eigenvalue weighted by atomic mass is 10.2. The molecule has 0 aliphatic carbocycles. The van der Waals surface area contributed by atoms with Crippen molar-refractivity contribution in [1.29, 1.82) is 5.26 Å². The molecule has 1 aromatic carbocycles. The number of hydrogen-bond donors (Lipinski definition) is 1. The molecule has 0 saturated carbocycles. The van der Waals surface area contributed by atoms with Crippen LogP contribution in [-0.2, 0) is 15.8 Å². The summed E-state index contributed by atoms with van der Waals surface area (Å²) in [6.07, 6.45) is 0. The summed E-state index contributed by atoms with van der Waals surface area (Å²) in [6.45, 7) is -0.957. The predicted octanol–water partition coefficient (Wildman–Crippen LogP) is 1.05. The number of rotatable bonds is 6. The Morgan fingerprint density at radius 2 is 1.86 bits per heavy atom. The molecule has 0 fully saturated rings. The fourth-order valence-electron chi connectivity index (χ4n) is 1.47. The maximum absolute atomic E-state index is 13.5. The van der Waals surface area contributed by atoms with Crippen LogP contribution in [-0.4, -0.2) is 30.8 Å². The lowest BCUT2D eigenvalue weighted by molar-refractivity contribution is 0.477. The largest absolute Gasteiger partial charge is 0.392 e. The standard InChI is InChI=1S/C11H10F3N3O2S2/c12-8-4-10(14)9(13)3-7(8)6-21(18,19)17(2-1-15)5-11(16)20/h3-4H,2,5-6H2,(H2,16,20). The third-order valence-corrected chi connectivity index (χ3v) is 4.25. The molecule has 0 amide bonds. The number of nitrogens with two attached hydrogens (primary N) is 1. The lowest BCUT2D eigenvalue weighted by Crippen LogP contribution is -2.38. The van der Waals surface area contributed by atoms with Crippen LogP contribution < -0.4 is 5.73 Å². The van der Waals surface area contributed by atoms with E-state index < -0.39 is 51.9 Å². The van der Waals surface area contributed by atoms with Crippen molar-refractivity contribution in [3.05, 3.63) is 35.1 Å². The van der Waals surface area contributed by atoms with Crippen molar-refractivity contribution in [2.24, 2.45) is 5.73 Å². The highest BCUT2D eigenvalue weighted by Gasteiger charge is 2.25. The van der Waals surface area contributed by atoms with Gasteiger partial charge in [-0.05, 0) is 6.07 Å². The van der Waals surface area contributed by atoms with Crippen LogP contribution in [0.5, 0.6) is 0 Å². The molecule has 0 atom stereocenters. The molecule has 0 unspecified atom stereocenters. The van der Waals surface area contributed by atoms with Gasteiger partial charge in [0.05, 0.1) is 23.4 Å². The zero-order valence-electron chi connectivity index (χ0n) is 10.5. The van der Waals surface area contributed by atoms with Gasteiger partial charge in [0, 0.05) is 11.6 Å². The highest BCUT2D eigenvalue weighted by molar-refractivity contribution is 7.88. The Morgan fingerprint density at radius 1 is 1.29 bits per heavy atom. The first-order chi connectivity index (χ1) is 9.67. The quantitative estimate of drug-likeness (QED) is 0.476. The Kier molecular flexibility index (Phi) is 5.65. The minimum Gasteiger partial charge on any atom is -0.392 e. The second kappa shape index (κ2) is 6.84. The van der Waals surface area contributed by atoms with Gasteiger partial charge in [0.1, 0.15) is 12.4 Å². The molecule has 0 spiro atoms. The molecule has 0 aliphatic rings. The Morgan fingerprint density at radius 3 is 2.38 bits per heavy atom. The van der Waals surface area contributed by atoms with E-state index >= 15 is 0 Å². The number of nitriles is 1. The number of hydrogen-bond acceptors (Lipinski definition) is 4. The first-order valence-electron chi connectivity index (χ1n) is 5.44. The fraction of sp³-hybridized carbons (Fsp3) is 0.273. The Labute approximate surface area is 124 Å². The summed E-state index contributed by atoms with van der Waals surface area (Å²) in [7, 11) is -4.17. The van der Waals surface area contributed by atoms with E-state index in [2.05, 4.69) is 12.2 Å². The van der Waals surface area contributed by atoms with Gasteiger partial charge in [-0.1, -0.05) is 12.2 Å². The molecule has 0 bridgehead atoms. The summed E-state index contributed by atoms with van der Waals surface area (Å²) >= 11 is 4.56. The van der Waals surface area contributed by atoms with E-state index in [1.54, 1.807) is 6.07 Å². The van der Waals surface area contributed by atoms with Gasteiger partial charge < -0.3 is 5.73 Å². The molecule has 21 heavy (non-hydrogen) atoms. The molecule has 10 heteroatoms. The molecule has 1 aromatic rings. The maximum atomic E-state index is 13.5. The Balaban J connectivity index is 3.11. The second-order valence-electron chi connectivity index (χ2n) is 4.01. The Bertz CT molecular complexity index is 701. The van der Waals surface area contributed by atoms with Crippen molar-refractivity contribution in [2.45, 2.75) is 5.75 Å². The molecule has 2 N–H and O–H groups in total. The third kappa shape index (κ3) is 4.66. The first-order valence-corrected chi connectivity index (χ1v) is 7.45. The van der Waals surface area contributed by atoms with Crippen LogP contribution in [0.1, 0.15) is 5.56 Å². The summed E-state index contributed by atoms with van der Waals surface area (Å²) in [5.41, 5.74) is 4.66. The normalized spacial score (nSPS) is 11.4. The molecule has 0 heterocycles. The number of thiocarbonyl (C=S) groups is 1. The van der Waals surface area contributed by atoms with Gasteiger partial charge in [0.2, 0.25) is 10.0 Å². The zero-order chi connectivity index (χ0) is 16.2. The van der Waals surface area contributed by atoms with Gasteiger partial charge >= 0.3 is 0 Å². The van der Waals surface area contributed by atoms with Crippen LogP contribution in [0.2, 0.25) is 0 Å². The average molecular weight is 337 g/mol. The molecule has 0 aromatic heterocycles. The van der Waals surface area contributed by atoms with Gasteiger partial charge in [-0.3, -0.25) is 0 Å².